The molecule has 1 heterocycles. The zero-order valence-corrected chi connectivity index (χ0v) is 13.1. The number of aromatic amines is 1. The first kappa shape index (κ1) is 15.9. The number of carbonyl (C=O) groups excluding carboxylic acids is 1. The Bertz CT molecular complexity index is 890. The fraction of sp³-hybridized carbons (Fsp3) is 0. The number of hydrogen-bond donors (Lipinski definition) is 2. The van der Waals surface area contributed by atoms with Gasteiger partial charge in [-0.15, -0.1) is 5.10 Å². The Morgan fingerprint density at radius 2 is 2.00 bits per heavy atom. The number of halogens is 2. The molecule has 0 spiro atoms. The molecule has 0 aliphatic rings. The van der Waals surface area contributed by atoms with Crippen LogP contribution in [0, 0.1) is 5.82 Å². The van der Waals surface area contributed by atoms with Gasteiger partial charge in [-0.25, -0.2) is 4.39 Å². The van der Waals surface area contributed by atoms with Crippen LogP contribution in [-0.2, 0) is 4.79 Å². The summed E-state index contributed by atoms with van der Waals surface area (Å²) in [6.07, 6.45) is 2.99. The van der Waals surface area contributed by atoms with Crippen molar-refractivity contribution in [1.82, 2.24) is 15.2 Å². The van der Waals surface area contributed by atoms with Crippen LogP contribution in [0.5, 0.6) is 0 Å². The van der Waals surface area contributed by atoms with E-state index in [1.165, 1.54) is 18.2 Å². The van der Waals surface area contributed by atoms with Crippen molar-refractivity contribution in [3.05, 3.63) is 71.0 Å². The molecule has 0 atom stereocenters. The molecule has 120 valence electrons. The SMILES string of the molecule is O=C(/C=C/c1cccc(Cl)c1)Nc1n[nH]c(-c2ccc(F)cc2)n1. The Balaban J connectivity index is 1.66. The van der Waals surface area contributed by atoms with Crippen molar-refractivity contribution in [2.45, 2.75) is 0 Å². The fourth-order valence-corrected chi connectivity index (χ4v) is 2.19. The minimum absolute atomic E-state index is 0.134. The van der Waals surface area contributed by atoms with E-state index in [4.69, 9.17) is 11.6 Å². The van der Waals surface area contributed by atoms with Gasteiger partial charge < -0.3 is 0 Å². The zero-order chi connectivity index (χ0) is 16.9. The van der Waals surface area contributed by atoms with Crippen molar-refractivity contribution in [3.8, 4) is 11.4 Å². The smallest absolute Gasteiger partial charge is 0.250 e. The van der Waals surface area contributed by atoms with Gasteiger partial charge in [0.1, 0.15) is 5.82 Å². The number of anilines is 1. The topological polar surface area (TPSA) is 70.7 Å². The molecule has 0 unspecified atom stereocenters. The number of nitrogens with zero attached hydrogens (tertiary/aromatic N) is 2. The highest BCUT2D eigenvalue weighted by Crippen LogP contribution is 2.16. The van der Waals surface area contributed by atoms with Crippen LogP contribution in [0.4, 0.5) is 10.3 Å². The highest BCUT2D eigenvalue weighted by atomic mass is 35.5. The summed E-state index contributed by atoms with van der Waals surface area (Å²) in [4.78, 5) is 16.0. The summed E-state index contributed by atoms with van der Waals surface area (Å²) in [5.41, 5.74) is 1.47. The summed E-state index contributed by atoms with van der Waals surface area (Å²) in [5.74, 6) is -0.142. The average molecular weight is 343 g/mol. The van der Waals surface area contributed by atoms with Crippen LogP contribution in [0.25, 0.3) is 17.5 Å². The van der Waals surface area contributed by atoms with Gasteiger partial charge in [-0.2, -0.15) is 4.98 Å². The number of H-pyrrole nitrogens is 1. The third-order valence-corrected chi connectivity index (χ3v) is 3.35. The molecular formula is C17H12ClFN4O. The molecule has 5 nitrogen and oxygen atoms in total. The van der Waals surface area contributed by atoms with Crippen molar-refractivity contribution >= 4 is 29.5 Å². The molecule has 0 aliphatic heterocycles. The summed E-state index contributed by atoms with van der Waals surface area (Å²) in [6, 6.07) is 12.9. The quantitative estimate of drug-likeness (QED) is 0.706. The van der Waals surface area contributed by atoms with Crippen LogP contribution >= 0.6 is 11.6 Å². The second-order valence-corrected chi connectivity index (χ2v) is 5.33. The molecule has 0 saturated heterocycles. The van der Waals surface area contributed by atoms with Crippen LogP contribution < -0.4 is 5.32 Å². The Labute approximate surface area is 142 Å². The van der Waals surface area contributed by atoms with Gasteiger partial charge in [0.2, 0.25) is 5.95 Å². The number of hydrogen-bond acceptors (Lipinski definition) is 3. The minimum atomic E-state index is -0.375. The van der Waals surface area contributed by atoms with Gasteiger partial charge in [-0.05, 0) is 48.0 Å². The first-order valence-corrected chi connectivity index (χ1v) is 7.41. The molecule has 1 amide bonds. The molecule has 2 N–H and O–H groups in total. The lowest BCUT2D eigenvalue weighted by Crippen LogP contribution is -2.09. The lowest BCUT2D eigenvalue weighted by atomic mass is 10.2. The number of aromatic nitrogens is 3. The highest BCUT2D eigenvalue weighted by molar-refractivity contribution is 6.30. The Morgan fingerprint density at radius 1 is 1.21 bits per heavy atom. The van der Waals surface area contributed by atoms with E-state index in [0.717, 1.165) is 5.56 Å². The normalized spacial score (nSPS) is 10.9. The van der Waals surface area contributed by atoms with E-state index in [0.29, 0.717) is 16.4 Å². The Morgan fingerprint density at radius 3 is 2.75 bits per heavy atom. The van der Waals surface area contributed by atoms with Gasteiger partial charge in [0, 0.05) is 16.7 Å². The van der Waals surface area contributed by atoms with E-state index >= 15 is 0 Å². The molecule has 0 fully saturated rings. The van der Waals surface area contributed by atoms with Crippen molar-refractivity contribution in [1.29, 1.82) is 0 Å². The summed E-state index contributed by atoms with van der Waals surface area (Å²) in [6.45, 7) is 0. The maximum absolute atomic E-state index is 12.9. The zero-order valence-electron chi connectivity index (χ0n) is 12.3. The summed E-state index contributed by atoms with van der Waals surface area (Å²) >= 11 is 5.88. The highest BCUT2D eigenvalue weighted by Gasteiger charge is 2.07. The lowest BCUT2D eigenvalue weighted by molar-refractivity contribution is -0.111. The minimum Gasteiger partial charge on any atom is -0.290 e. The maximum Gasteiger partial charge on any atom is 0.250 e. The predicted octanol–water partition coefficient (Wildman–Crippen LogP) is 3.92. The number of amides is 1. The number of benzene rings is 2. The molecule has 0 aliphatic carbocycles. The van der Waals surface area contributed by atoms with Crippen LogP contribution in [0.3, 0.4) is 0 Å². The molecule has 2 aromatic carbocycles. The average Bonchev–Trinajstić information content (AvgIpc) is 3.02. The van der Waals surface area contributed by atoms with E-state index in [1.54, 1.807) is 36.4 Å². The third kappa shape index (κ3) is 4.05. The maximum atomic E-state index is 12.9. The first-order chi connectivity index (χ1) is 11.6. The number of rotatable bonds is 4. The lowest BCUT2D eigenvalue weighted by Gasteiger charge is -1.96. The van der Waals surface area contributed by atoms with Crippen LogP contribution in [0.15, 0.2) is 54.6 Å². The van der Waals surface area contributed by atoms with Gasteiger partial charge in [0.25, 0.3) is 5.91 Å². The fourth-order valence-electron chi connectivity index (χ4n) is 1.99. The second kappa shape index (κ2) is 7.06. The molecule has 0 radical (unpaired) electrons. The summed E-state index contributed by atoms with van der Waals surface area (Å²) < 4.78 is 12.9. The van der Waals surface area contributed by atoms with Gasteiger partial charge in [-0.1, -0.05) is 23.7 Å². The molecular weight excluding hydrogens is 331 g/mol. The van der Waals surface area contributed by atoms with E-state index < -0.39 is 0 Å². The van der Waals surface area contributed by atoms with Crippen LogP contribution in [0.1, 0.15) is 5.56 Å². The third-order valence-electron chi connectivity index (χ3n) is 3.11. The molecule has 3 rings (SSSR count). The van der Waals surface area contributed by atoms with E-state index in [-0.39, 0.29) is 17.7 Å². The first-order valence-electron chi connectivity index (χ1n) is 7.03. The van der Waals surface area contributed by atoms with Gasteiger partial charge >= 0.3 is 0 Å². The molecule has 24 heavy (non-hydrogen) atoms. The van der Waals surface area contributed by atoms with E-state index in [9.17, 15) is 9.18 Å². The van der Waals surface area contributed by atoms with Gasteiger partial charge in [-0.3, -0.25) is 15.2 Å². The molecule has 0 saturated carbocycles. The van der Waals surface area contributed by atoms with Crippen molar-refractivity contribution < 1.29 is 9.18 Å². The molecule has 0 bridgehead atoms. The summed E-state index contributed by atoms with van der Waals surface area (Å²) in [5, 5.41) is 9.73. The molecule has 7 heteroatoms. The number of carbonyl (C=O) groups is 1. The Kier molecular flexibility index (Phi) is 4.67. The van der Waals surface area contributed by atoms with Crippen LogP contribution in [-0.4, -0.2) is 21.1 Å². The van der Waals surface area contributed by atoms with Crippen molar-refractivity contribution in [3.63, 3.8) is 0 Å². The largest absolute Gasteiger partial charge is 0.290 e. The molecule has 1 aromatic heterocycles. The van der Waals surface area contributed by atoms with Crippen molar-refractivity contribution in [2.24, 2.45) is 0 Å². The van der Waals surface area contributed by atoms with E-state index in [1.807, 2.05) is 6.07 Å². The van der Waals surface area contributed by atoms with Gasteiger partial charge in [0.15, 0.2) is 5.82 Å². The van der Waals surface area contributed by atoms with E-state index in [2.05, 4.69) is 20.5 Å². The van der Waals surface area contributed by atoms with Gasteiger partial charge in [0.05, 0.1) is 0 Å². The van der Waals surface area contributed by atoms with Crippen molar-refractivity contribution in [2.75, 3.05) is 5.32 Å². The summed E-state index contributed by atoms with van der Waals surface area (Å²) in [7, 11) is 0. The standard InChI is InChI=1S/C17H12ClFN4O/c18-13-3-1-2-11(10-13)4-9-15(24)20-17-21-16(22-23-17)12-5-7-14(19)8-6-12/h1-10H,(H2,20,21,22,23,24)/b9-4+. The Hall–Kier alpha value is -2.99. The number of nitrogens with one attached hydrogen (secondary N) is 2. The monoisotopic (exact) mass is 342 g/mol. The second-order valence-electron chi connectivity index (χ2n) is 4.89. The van der Waals surface area contributed by atoms with Crippen LogP contribution in [0.2, 0.25) is 5.02 Å². The molecule has 3 aromatic rings. The predicted molar refractivity (Wildman–Crippen MR) is 90.9 cm³/mol.